The van der Waals surface area contributed by atoms with Gasteiger partial charge in [-0.15, -0.1) is 22.7 Å². The first-order valence-electron chi connectivity index (χ1n) is 5.31. The molecule has 0 bridgehead atoms. The van der Waals surface area contributed by atoms with Crippen LogP contribution in [-0.2, 0) is 19.5 Å². The summed E-state index contributed by atoms with van der Waals surface area (Å²) < 4.78 is 0.659. The van der Waals surface area contributed by atoms with Crippen LogP contribution in [0.15, 0.2) is 15.9 Å². The van der Waals surface area contributed by atoms with Gasteiger partial charge in [-0.05, 0) is 28.1 Å². The van der Waals surface area contributed by atoms with E-state index in [1.54, 1.807) is 6.07 Å². The molecule has 0 spiro atoms. The van der Waals surface area contributed by atoms with Crippen LogP contribution in [0.25, 0.3) is 0 Å². The predicted octanol–water partition coefficient (Wildman–Crippen LogP) is 5.02. The molecule has 0 aliphatic carbocycles. The smallest absolute Gasteiger partial charge is 0.512 e. The summed E-state index contributed by atoms with van der Waals surface area (Å²) in [5.41, 5.74) is 0. The van der Waals surface area contributed by atoms with Crippen molar-refractivity contribution in [3.05, 3.63) is 53.7 Å². The maximum Gasteiger partial charge on any atom is 2.00 e. The Kier molecular flexibility index (Phi) is 17.7. The third-order valence-corrected chi connectivity index (χ3v) is 5.76. The maximum absolute atomic E-state index is 10.3. The Bertz CT molecular complexity index is 805. The van der Waals surface area contributed by atoms with Gasteiger partial charge in [-0.25, -0.2) is 9.59 Å². The fraction of sp³-hybridized carbons (Fsp3) is 0. The van der Waals surface area contributed by atoms with Gasteiger partial charge >= 0.3 is 31.4 Å². The van der Waals surface area contributed by atoms with Crippen LogP contribution in [0.2, 0.25) is 10.0 Å². The first-order valence-corrected chi connectivity index (χ1v) is 8.50. The van der Waals surface area contributed by atoms with Crippen molar-refractivity contribution in [1.82, 2.24) is 0 Å². The molecule has 0 unspecified atom stereocenters. The van der Waals surface area contributed by atoms with Crippen molar-refractivity contribution in [1.29, 1.82) is 15.8 Å². The zero-order valence-corrected chi connectivity index (χ0v) is 20.1. The molecule has 2 rings (SSSR count). The van der Waals surface area contributed by atoms with Crippen LogP contribution in [0.3, 0.4) is 0 Å². The Labute approximate surface area is 187 Å². The number of hydrogen-bond donors (Lipinski definition) is 2. The number of carboxylic acids is 2. The Balaban J connectivity index is -0.000000332. The summed E-state index contributed by atoms with van der Waals surface area (Å²) in [7, 11) is 0. The molecular formula is C13H4BrCl2N3O4S2Zn. The number of aromatic carboxylic acids is 2. The molecule has 2 aromatic rings. The predicted molar refractivity (Wildman–Crippen MR) is 94.9 cm³/mol. The fourth-order valence-corrected chi connectivity index (χ4v) is 3.56. The molecule has 0 radical (unpaired) electrons. The standard InChI is InChI=1S/C6H2ClNO2S.C5H2BrClO2S.2CN.Zn/c7-3-1-4(6(9)10)11-5(3)2-8;6-4-2(7)1-3(10-4)5(8)9;2*1-2;/h1H,(H,9,10);1H,(H,8,9);;;/q;;2*-1;+2. The summed E-state index contributed by atoms with van der Waals surface area (Å²) in [6.07, 6.45) is 0. The monoisotopic (exact) mass is 543 g/mol. The second-order valence-electron chi connectivity index (χ2n) is 3.24. The van der Waals surface area contributed by atoms with Gasteiger partial charge in [0.2, 0.25) is 0 Å². The zero-order chi connectivity index (χ0) is 20.2. The van der Waals surface area contributed by atoms with Gasteiger partial charge in [-0.3, -0.25) is 0 Å². The molecule has 26 heavy (non-hydrogen) atoms. The topological polar surface area (TPSA) is 146 Å². The molecule has 7 nitrogen and oxygen atoms in total. The van der Waals surface area contributed by atoms with Gasteiger partial charge in [-0.1, -0.05) is 23.2 Å². The summed E-state index contributed by atoms with van der Waals surface area (Å²) in [6.45, 7) is 9.50. The minimum Gasteiger partial charge on any atom is -0.512 e. The molecule has 0 aromatic carbocycles. The van der Waals surface area contributed by atoms with Crippen molar-refractivity contribution in [2.45, 2.75) is 0 Å². The van der Waals surface area contributed by atoms with Crippen LogP contribution < -0.4 is 0 Å². The quantitative estimate of drug-likeness (QED) is 0.397. The minimum absolute atomic E-state index is 0. The molecule has 13 heteroatoms. The van der Waals surface area contributed by atoms with E-state index >= 15 is 0 Å². The largest absolute Gasteiger partial charge is 2.00 e. The van der Waals surface area contributed by atoms with Crippen LogP contribution in [0.4, 0.5) is 0 Å². The van der Waals surface area contributed by atoms with Gasteiger partial charge < -0.3 is 33.9 Å². The van der Waals surface area contributed by atoms with E-state index in [9.17, 15) is 9.59 Å². The molecule has 0 atom stereocenters. The van der Waals surface area contributed by atoms with E-state index in [2.05, 4.69) is 15.9 Å². The van der Waals surface area contributed by atoms with Gasteiger partial charge in [0.05, 0.1) is 13.8 Å². The summed E-state index contributed by atoms with van der Waals surface area (Å²) in [4.78, 5) is 21.2. The van der Waals surface area contributed by atoms with Gasteiger partial charge in [0.25, 0.3) is 0 Å². The van der Waals surface area contributed by atoms with Crippen molar-refractivity contribution >= 4 is 73.7 Å². The summed E-state index contributed by atoms with van der Waals surface area (Å²) in [5, 5.41) is 38.5. The van der Waals surface area contributed by atoms with Crippen molar-refractivity contribution in [2.75, 3.05) is 0 Å². The Morgan fingerprint density at radius 1 is 1.00 bits per heavy atom. The second kappa shape index (κ2) is 15.7. The van der Waals surface area contributed by atoms with E-state index in [4.69, 9.17) is 62.3 Å². The van der Waals surface area contributed by atoms with E-state index in [0.717, 1.165) is 22.7 Å². The third-order valence-electron chi connectivity index (χ3n) is 1.86. The van der Waals surface area contributed by atoms with Crippen LogP contribution >= 0.6 is 61.8 Å². The zero-order valence-electron chi connectivity index (χ0n) is 12.4. The van der Waals surface area contributed by atoms with Crippen LogP contribution in [0.5, 0.6) is 0 Å². The van der Waals surface area contributed by atoms with Crippen LogP contribution in [0, 0.1) is 35.0 Å². The molecular weight excluding hydrogens is 542 g/mol. The van der Waals surface area contributed by atoms with Gasteiger partial charge in [0.15, 0.2) is 0 Å². The number of carboxylic acid groups (broad SMARTS) is 2. The third kappa shape index (κ3) is 9.84. The van der Waals surface area contributed by atoms with E-state index in [0.29, 0.717) is 8.81 Å². The molecule has 0 aliphatic rings. The molecule has 0 saturated carbocycles. The first-order chi connectivity index (χ1) is 11.8. The van der Waals surface area contributed by atoms with E-state index in [1.807, 2.05) is 0 Å². The SMILES string of the molecule is N#Cc1sc(C(=O)O)cc1Cl.O=C(O)c1cc(Cl)c(Br)s1.[C-]#N.[C-]#N.[Zn+2]. The number of halogens is 3. The van der Waals surface area contributed by atoms with Crippen LogP contribution in [-0.4, -0.2) is 22.2 Å². The molecule has 0 aliphatic heterocycles. The molecule has 2 N–H and O–H groups in total. The normalized spacial score (nSPS) is 7.77. The number of nitriles is 1. The Hall–Kier alpha value is -1.51. The summed E-state index contributed by atoms with van der Waals surface area (Å²) in [6, 6.07) is 4.48. The average Bonchev–Trinajstić information content (AvgIpc) is 3.15. The van der Waals surface area contributed by atoms with Crippen LogP contribution in [0.1, 0.15) is 24.2 Å². The van der Waals surface area contributed by atoms with E-state index in [1.165, 1.54) is 12.1 Å². The number of rotatable bonds is 2. The minimum atomic E-state index is -1.06. The molecule has 2 heterocycles. The fourth-order valence-electron chi connectivity index (χ4n) is 1.00. The van der Waals surface area contributed by atoms with Crippen molar-refractivity contribution in [2.24, 2.45) is 0 Å². The number of hydrogen-bond acceptors (Lipinski definition) is 7. The number of nitrogens with zero attached hydrogens (tertiary/aromatic N) is 3. The second-order valence-corrected chi connectivity index (χ2v) is 7.48. The van der Waals surface area contributed by atoms with Crippen molar-refractivity contribution in [3.63, 3.8) is 0 Å². The molecule has 0 amide bonds. The van der Waals surface area contributed by atoms with Gasteiger partial charge in [0, 0.05) is 0 Å². The average molecular weight is 547 g/mol. The number of thiophene rings is 2. The molecule has 2 aromatic heterocycles. The first kappa shape index (κ1) is 29.3. The van der Waals surface area contributed by atoms with Gasteiger partial charge in [0.1, 0.15) is 20.7 Å². The maximum atomic E-state index is 10.3. The summed E-state index contributed by atoms with van der Waals surface area (Å²) >= 11 is 16.2. The Morgan fingerprint density at radius 2 is 1.38 bits per heavy atom. The summed E-state index contributed by atoms with van der Waals surface area (Å²) in [5.74, 6) is -2.00. The van der Waals surface area contributed by atoms with E-state index < -0.39 is 11.9 Å². The van der Waals surface area contributed by atoms with Gasteiger partial charge in [-0.2, -0.15) is 5.26 Å². The Morgan fingerprint density at radius 3 is 1.58 bits per heavy atom. The molecule has 0 fully saturated rings. The molecule has 130 valence electrons. The van der Waals surface area contributed by atoms with E-state index in [-0.39, 0.29) is 39.1 Å². The van der Waals surface area contributed by atoms with Crippen molar-refractivity contribution in [3.8, 4) is 6.07 Å². The number of carbonyl (C=O) groups is 2. The molecule has 0 saturated heterocycles. The van der Waals surface area contributed by atoms with Crippen molar-refractivity contribution < 1.29 is 39.3 Å².